The Hall–Kier alpha value is -2.12. The Morgan fingerprint density at radius 1 is 1.25 bits per heavy atom. The van der Waals surface area contributed by atoms with E-state index in [-0.39, 0.29) is 5.82 Å². The summed E-state index contributed by atoms with van der Waals surface area (Å²) in [5, 5.41) is 10.6. The molecule has 0 spiro atoms. The van der Waals surface area contributed by atoms with Gasteiger partial charge in [0, 0.05) is 17.4 Å². The van der Waals surface area contributed by atoms with Crippen molar-refractivity contribution in [1.82, 2.24) is 20.0 Å². The van der Waals surface area contributed by atoms with Crippen molar-refractivity contribution < 1.29 is 4.39 Å². The Morgan fingerprint density at radius 3 is 2.80 bits per heavy atom. The lowest BCUT2D eigenvalue weighted by Crippen LogP contribution is -2.08. The molecule has 0 aliphatic carbocycles. The van der Waals surface area contributed by atoms with Gasteiger partial charge in [0.1, 0.15) is 5.82 Å². The third kappa shape index (κ3) is 2.45. The maximum atomic E-state index is 12.9. The highest BCUT2D eigenvalue weighted by atomic mass is 32.1. The lowest BCUT2D eigenvalue weighted by molar-refractivity contribution is 0.628. The molecule has 2 N–H and O–H groups in total. The third-order valence-electron chi connectivity index (χ3n) is 2.83. The number of benzene rings is 1. The van der Waals surface area contributed by atoms with E-state index >= 15 is 0 Å². The summed E-state index contributed by atoms with van der Waals surface area (Å²) in [5.41, 5.74) is 8.14. The van der Waals surface area contributed by atoms with Crippen LogP contribution in [0.5, 0.6) is 0 Å². The quantitative estimate of drug-likeness (QED) is 0.798. The van der Waals surface area contributed by atoms with Gasteiger partial charge in [0.25, 0.3) is 0 Å². The molecule has 2 aromatic heterocycles. The van der Waals surface area contributed by atoms with Crippen molar-refractivity contribution in [2.75, 3.05) is 6.54 Å². The van der Waals surface area contributed by atoms with Gasteiger partial charge in [0.15, 0.2) is 0 Å². The first kappa shape index (κ1) is 12.9. The van der Waals surface area contributed by atoms with Gasteiger partial charge in [-0.15, -0.1) is 16.4 Å². The second kappa shape index (κ2) is 5.48. The monoisotopic (exact) mass is 289 g/mol. The zero-order chi connectivity index (χ0) is 13.9. The van der Waals surface area contributed by atoms with Crippen molar-refractivity contribution in [3.63, 3.8) is 0 Å². The van der Waals surface area contributed by atoms with Crippen molar-refractivity contribution in [2.45, 2.75) is 6.42 Å². The van der Waals surface area contributed by atoms with Crippen molar-refractivity contribution >= 4 is 11.3 Å². The van der Waals surface area contributed by atoms with Crippen LogP contribution < -0.4 is 5.73 Å². The number of hydrogen-bond donors (Lipinski definition) is 1. The normalized spacial score (nSPS) is 10.9. The second-order valence-corrected chi connectivity index (χ2v) is 5.03. The maximum absolute atomic E-state index is 12.9. The van der Waals surface area contributed by atoms with Crippen molar-refractivity contribution in [3.8, 4) is 16.4 Å². The second-order valence-electron chi connectivity index (χ2n) is 4.20. The van der Waals surface area contributed by atoms with Gasteiger partial charge in [0.05, 0.1) is 17.6 Å². The summed E-state index contributed by atoms with van der Waals surface area (Å²) in [5.74, 6) is -0.259. The van der Waals surface area contributed by atoms with Crippen LogP contribution in [0.1, 0.15) is 5.69 Å². The Balaban J connectivity index is 1.93. The molecule has 7 heteroatoms. The highest BCUT2D eigenvalue weighted by molar-refractivity contribution is 7.12. The lowest BCUT2D eigenvalue weighted by Gasteiger charge is -2.00. The first-order chi connectivity index (χ1) is 9.78. The van der Waals surface area contributed by atoms with Crippen molar-refractivity contribution in [1.29, 1.82) is 0 Å². The highest BCUT2D eigenvalue weighted by Crippen LogP contribution is 2.24. The van der Waals surface area contributed by atoms with E-state index in [0.717, 1.165) is 22.1 Å². The molecule has 3 aromatic rings. The average Bonchev–Trinajstić information content (AvgIpc) is 3.08. The fourth-order valence-electron chi connectivity index (χ4n) is 1.85. The van der Waals surface area contributed by atoms with Gasteiger partial charge in [-0.2, -0.15) is 4.68 Å². The molecule has 0 unspecified atom stereocenters. The zero-order valence-electron chi connectivity index (χ0n) is 10.5. The molecule has 0 saturated heterocycles. The van der Waals surface area contributed by atoms with Crippen LogP contribution in [0.3, 0.4) is 0 Å². The van der Waals surface area contributed by atoms with Crippen LogP contribution >= 0.6 is 11.3 Å². The summed E-state index contributed by atoms with van der Waals surface area (Å²) < 4.78 is 14.6. The number of thiazole rings is 1. The largest absolute Gasteiger partial charge is 0.330 e. The summed E-state index contributed by atoms with van der Waals surface area (Å²) >= 11 is 1.46. The standard InChI is InChI=1S/C13H12FN5S/c14-10-3-1-9(2-4-10)12-8-20-13(17-12)19-11(5-6-15)7-16-18-19/h1-4,7-8H,5-6,15H2. The Bertz CT molecular complexity index is 704. The number of hydrogen-bond acceptors (Lipinski definition) is 5. The lowest BCUT2D eigenvalue weighted by atomic mass is 10.2. The molecule has 0 radical (unpaired) electrons. The molecular formula is C13H12FN5S. The van der Waals surface area contributed by atoms with Crippen molar-refractivity contribution in [3.05, 3.63) is 47.4 Å². The first-order valence-electron chi connectivity index (χ1n) is 6.09. The Labute approximate surface area is 118 Å². The fourth-order valence-corrected chi connectivity index (χ4v) is 2.66. The molecule has 3 rings (SSSR count). The summed E-state index contributed by atoms with van der Waals surface area (Å²) in [6, 6.07) is 6.25. The van der Waals surface area contributed by atoms with Gasteiger partial charge in [0.2, 0.25) is 5.13 Å². The van der Waals surface area contributed by atoms with Crippen LogP contribution in [0.25, 0.3) is 16.4 Å². The van der Waals surface area contributed by atoms with Crippen LogP contribution in [0.15, 0.2) is 35.8 Å². The third-order valence-corrected chi connectivity index (χ3v) is 3.65. The SMILES string of the molecule is NCCc1cnnn1-c1nc(-c2ccc(F)cc2)cs1. The zero-order valence-corrected chi connectivity index (χ0v) is 11.3. The molecule has 1 aromatic carbocycles. The fraction of sp³-hybridized carbons (Fsp3) is 0.154. The minimum absolute atomic E-state index is 0.259. The van der Waals surface area contributed by atoms with Crippen LogP contribution in [0.4, 0.5) is 4.39 Å². The summed E-state index contributed by atoms with van der Waals surface area (Å²) in [6.07, 6.45) is 2.38. The molecule has 0 atom stereocenters. The van der Waals surface area contributed by atoms with Crippen LogP contribution in [-0.2, 0) is 6.42 Å². The number of nitrogens with zero attached hydrogens (tertiary/aromatic N) is 4. The van der Waals surface area contributed by atoms with Gasteiger partial charge in [-0.25, -0.2) is 9.37 Å². The smallest absolute Gasteiger partial charge is 0.212 e. The van der Waals surface area contributed by atoms with E-state index in [1.54, 1.807) is 23.0 Å². The van der Waals surface area contributed by atoms with Crippen LogP contribution in [-0.4, -0.2) is 26.5 Å². The summed E-state index contributed by atoms with van der Waals surface area (Å²) in [4.78, 5) is 4.51. The minimum Gasteiger partial charge on any atom is -0.330 e. The highest BCUT2D eigenvalue weighted by Gasteiger charge is 2.11. The predicted molar refractivity (Wildman–Crippen MR) is 75.2 cm³/mol. The molecule has 0 amide bonds. The van der Waals surface area contributed by atoms with Gasteiger partial charge in [-0.1, -0.05) is 5.21 Å². The van der Waals surface area contributed by atoms with E-state index in [4.69, 9.17) is 5.73 Å². The number of aromatic nitrogens is 4. The molecule has 0 aliphatic heterocycles. The number of halogens is 1. The molecule has 20 heavy (non-hydrogen) atoms. The molecule has 0 saturated carbocycles. The molecule has 0 bridgehead atoms. The van der Waals surface area contributed by atoms with Crippen LogP contribution in [0.2, 0.25) is 0 Å². The first-order valence-corrected chi connectivity index (χ1v) is 6.97. The van der Waals surface area contributed by atoms with E-state index in [2.05, 4.69) is 15.3 Å². The predicted octanol–water partition coefficient (Wildman–Crippen LogP) is 2.03. The van der Waals surface area contributed by atoms with Crippen LogP contribution in [0, 0.1) is 5.82 Å². The van der Waals surface area contributed by atoms with Gasteiger partial charge in [-0.3, -0.25) is 0 Å². The minimum atomic E-state index is -0.259. The molecule has 0 aliphatic rings. The molecule has 0 fully saturated rings. The van der Waals surface area contributed by atoms with E-state index < -0.39 is 0 Å². The average molecular weight is 289 g/mol. The van der Waals surface area contributed by atoms with E-state index in [1.807, 2.05) is 5.38 Å². The van der Waals surface area contributed by atoms with E-state index in [1.165, 1.54) is 23.5 Å². The van der Waals surface area contributed by atoms with Gasteiger partial charge < -0.3 is 5.73 Å². The van der Waals surface area contributed by atoms with E-state index in [0.29, 0.717) is 13.0 Å². The Kier molecular flexibility index (Phi) is 3.53. The molecular weight excluding hydrogens is 277 g/mol. The van der Waals surface area contributed by atoms with Crippen molar-refractivity contribution in [2.24, 2.45) is 5.73 Å². The molecule has 2 heterocycles. The molecule has 5 nitrogen and oxygen atoms in total. The topological polar surface area (TPSA) is 69.6 Å². The number of rotatable bonds is 4. The summed E-state index contributed by atoms with van der Waals surface area (Å²) in [6.45, 7) is 0.531. The summed E-state index contributed by atoms with van der Waals surface area (Å²) in [7, 11) is 0. The number of nitrogens with two attached hydrogens (primary N) is 1. The molecule has 102 valence electrons. The van der Waals surface area contributed by atoms with Gasteiger partial charge >= 0.3 is 0 Å². The van der Waals surface area contributed by atoms with Gasteiger partial charge in [-0.05, 0) is 30.8 Å². The van der Waals surface area contributed by atoms with E-state index in [9.17, 15) is 4.39 Å². The Morgan fingerprint density at radius 2 is 2.05 bits per heavy atom. The maximum Gasteiger partial charge on any atom is 0.212 e.